The van der Waals surface area contributed by atoms with Crippen LogP contribution in [0.15, 0.2) is 6.07 Å². The van der Waals surface area contributed by atoms with Crippen molar-refractivity contribution in [3.63, 3.8) is 0 Å². The number of hydrogen-bond donors (Lipinski definition) is 0. The van der Waals surface area contributed by atoms with Crippen molar-refractivity contribution in [3.05, 3.63) is 25.0 Å². The molecule has 0 atom stereocenters. The molecule has 0 bridgehead atoms. The monoisotopic (exact) mass is 314 g/mol. The third-order valence-corrected chi connectivity index (χ3v) is 2.09. The molecule has 1 rings (SSSR count). The molecule has 70 valence electrons. The second-order valence-electron chi connectivity index (χ2n) is 2.05. The molecule has 0 aromatic carbocycles. The van der Waals surface area contributed by atoms with Crippen molar-refractivity contribution in [2.75, 3.05) is 7.11 Å². The maximum atomic E-state index is 10.5. The van der Waals surface area contributed by atoms with E-state index in [9.17, 15) is 10.1 Å². The van der Waals surface area contributed by atoms with Gasteiger partial charge in [-0.2, -0.15) is 0 Å². The van der Waals surface area contributed by atoms with Crippen LogP contribution in [-0.4, -0.2) is 17.0 Å². The summed E-state index contributed by atoms with van der Waals surface area (Å²) < 4.78 is 5.21. The van der Waals surface area contributed by atoms with Gasteiger partial charge in [-0.05, 0) is 22.6 Å². The average Bonchev–Trinajstić information content (AvgIpc) is 2.02. The molecule has 0 aliphatic carbocycles. The quantitative estimate of drug-likeness (QED) is 0.363. The van der Waals surface area contributed by atoms with Crippen LogP contribution in [0.1, 0.15) is 0 Å². The number of hydrogen-bond acceptors (Lipinski definition) is 4. The van der Waals surface area contributed by atoms with Crippen LogP contribution in [0.4, 0.5) is 5.69 Å². The lowest BCUT2D eigenvalue weighted by atomic mass is 10.4. The fraction of sp³-hybridized carbons (Fsp3) is 0.167. The first-order valence-electron chi connectivity index (χ1n) is 3.10. The summed E-state index contributed by atoms with van der Waals surface area (Å²) in [5, 5.41) is 10.5. The largest absolute Gasteiger partial charge is 0.488 e. The van der Waals surface area contributed by atoms with Gasteiger partial charge in [0.1, 0.15) is 3.70 Å². The SMILES string of the molecule is COc1c([N+](=O)[O-])cc(I)nc1Cl. The van der Waals surface area contributed by atoms with E-state index >= 15 is 0 Å². The number of pyridine rings is 1. The van der Waals surface area contributed by atoms with Crippen molar-refractivity contribution < 1.29 is 9.66 Å². The topological polar surface area (TPSA) is 65.3 Å². The molecular formula is C6H4ClIN2O3. The molecule has 5 nitrogen and oxygen atoms in total. The first-order chi connectivity index (χ1) is 6.06. The van der Waals surface area contributed by atoms with Crippen molar-refractivity contribution in [1.29, 1.82) is 0 Å². The molecule has 1 heterocycles. The van der Waals surface area contributed by atoms with Crippen molar-refractivity contribution >= 4 is 39.9 Å². The smallest absolute Gasteiger partial charge is 0.316 e. The molecule has 13 heavy (non-hydrogen) atoms. The highest BCUT2D eigenvalue weighted by molar-refractivity contribution is 14.1. The van der Waals surface area contributed by atoms with E-state index in [1.165, 1.54) is 13.2 Å². The zero-order valence-corrected chi connectivity index (χ0v) is 9.37. The molecule has 0 saturated heterocycles. The van der Waals surface area contributed by atoms with Gasteiger partial charge in [0.2, 0.25) is 5.75 Å². The van der Waals surface area contributed by atoms with E-state index in [0.717, 1.165) is 0 Å². The van der Waals surface area contributed by atoms with Crippen LogP contribution >= 0.6 is 34.2 Å². The second kappa shape index (κ2) is 4.05. The molecule has 7 heteroatoms. The van der Waals surface area contributed by atoms with Crippen LogP contribution in [0.25, 0.3) is 0 Å². The normalized spacial score (nSPS) is 9.77. The van der Waals surface area contributed by atoms with Gasteiger partial charge >= 0.3 is 5.69 Å². The van der Waals surface area contributed by atoms with Gasteiger partial charge in [-0.3, -0.25) is 10.1 Å². The molecule has 0 N–H and O–H groups in total. The van der Waals surface area contributed by atoms with Crippen LogP contribution in [0.5, 0.6) is 5.75 Å². The summed E-state index contributed by atoms with van der Waals surface area (Å²) >= 11 is 7.48. The average molecular weight is 314 g/mol. The maximum Gasteiger partial charge on any atom is 0.316 e. The number of ether oxygens (including phenoxy) is 1. The molecule has 1 aromatic heterocycles. The molecule has 1 aromatic rings. The summed E-state index contributed by atoms with van der Waals surface area (Å²) in [4.78, 5) is 13.8. The molecule has 0 aliphatic heterocycles. The number of nitrogens with zero attached hydrogens (tertiary/aromatic N) is 2. The van der Waals surface area contributed by atoms with Gasteiger partial charge in [-0.15, -0.1) is 0 Å². The van der Waals surface area contributed by atoms with E-state index in [4.69, 9.17) is 16.3 Å². The van der Waals surface area contributed by atoms with Gasteiger partial charge in [0.15, 0.2) is 5.15 Å². The highest BCUT2D eigenvalue weighted by atomic mass is 127. The van der Waals surface area contributed by atoms with Crippen LogP contribution < -0.4 is 4.74 Å². The summed E-state index contributed by atoms with van der Waals surface area (Å²) in [6.07, 6.45) is 0. The van der Waals surface area contributed by atoms with Crippen LogP contribution in [0, 0.1) is 13.8 Å². The minimum atomic E-state index is -0.561. The van der Waals surface area contributed by atoms with E-state index in [2.05, 4.69) is 4.98 Å². The van der Waals surface area contributed by atoms with Crippen molar-refractivity contribution in [3.8, 4) is 5.75 Å². The number of rotatable bonds is 2. The Kier molecular flexibility index (Phi) is 3.26. The third kappa shape index (κ3) is 2.19. The Labute approximate surface area is 92.3 Å². The Balaban J connectivity index is 3.38. The van der Waals surface area contributed by atoms with Crippen molar-refractivity contribution in [2.24, 2.45) is 0 Å². The fourth-order valence-electron chi connectivity index (χ4n) is 0.785. The molecule has 0 unspecified atom stereocenters. The molecule has 0 saturated carbocycles. The first-order valence-corrected chi connectivity index (χ1v) is 4.56. The van der Waals surface area contributed by atoms with Gasteiger partial charge in [-0.1, -0.05) is 11.6 Å². The Morgan fingerprint density at radius 3 is 2.85 bits per heavy atom. The Morgan fingerprint density at radius 2 is 2.38 bits per heavy atom. The summed E-state index contributed by atoms with van der Waals surface area (Å²) in [5.74, 6) is -0.00733. The van der Waals surface area contributed by atoms with Gasteiger partial charge in [-0.25, -0.2) is 4.98 Å². The number of halogens is 2. The Bertz CT molecular complexity index is 358. The van der Waals surface area contributed by atoms with Crippen molar-refractivity contribution in [1.82, 2.24) is 4.98 Å². The molecule has 0 amide bonds. The predicted molar refractivity (Wildman–Crippen MR) is 55.2 cm³/mol. The highest BCUT2D eigenvalue weighted by Gasteiger charge is 2.20. The number of methoxy groups -OCH3 is 1. The minimum absolute atomic E-state index is 0.00102. The maximum absolute atomic E-state index is 10.5. The lowest BCUT2D eigenvalue weighted by Gasteiger charge is -2.02. The van der Waals surface area contributed by atoms with Crippen LogP contribution in [0.2, 0.25) is 5.15 Å². The highest BCUT2D eigenvalue weighted by Crippen LogP contribution is 2.33. The van der Waals surface area contributed by atoms with Gasteiger partial charge in [0.25, 0.3) is 0 Å². The zero-order chi connectivity index (χ0) is 10.0. The van der Waals surface area contributed by atoms with E-state index in [0.29, 0.717) is 3.70 Å². The molecule has 0 radical (unpaired) electrons. The van der Waals surface area contributed by atoms with Crippen LogP contribution in [-0.2, 0) is 0 Å². The molecular weight excluding hydrogens is 310 g/mol. The van der Waals surface area contributed by atoms with Gasteiger partial charge in [0, 0.05) is 0 Å². The predicted octanol–water partition coefficient (Wildman–Crippen LogP) is 2.26. The van der Waals surface area contributed by atoms with Crippen LogP contribution in [0.3, 0.4) is 0 Å². The second-order valence-corrected chi connectivity index (χ2v) is 3.51. The fourth-order valence-corrected chi connectivity index (χ4v) is 1.73. The number of aromatic nitrogens is 1. The summed E-state index contributed by atoms with van der Waals surface area (Å²) in [6, 6.07) is 1.30. The summed E-state index contributed by atoms with van der Waals surface area (Å²) in [6.45, 7) is 0. The van der Waals surface area contributed by atoms with E-state index in [1.807, 2.05) is 22.6 Å². The van der Waals surface area contributed by atoms with E-state index < -0.39 is 4.92 Å². The summed E-state index contributed by atoms with van der Waals surface area (Å²) in [5.41, 5.74) is -0.174. The molecule has 0 spiro atoms. The molecule has 0 fully saturated rings. The lowest BCUT2D eigenvalue weighted by molar-refractivity contribution is -0.385. The molecule has 0 aliphatic rings. The van der Waals surface area contributed by atoms with Gasteiger partial charge < -0.3 is 4.74 Å². The van der Waals surface area contributed by atoms with E-state index in [-0.39, 0.29) is 16.6 Å². The van der Waals surface area contributed by atoms with Crippen molar-refractivity contribution in [2.45, 2.75) is 0 Å². The summed E-state index contributed by atoms with van der Waals surface area (Å²) in [7, 11) is 1.31. The van der Waals surface area contributed by atoms with E-state index in [1.54, 1.807) is 0 Å². The number of nitro groups is 1. The van der Waals surface area contributed by atoms with Gasteiger partial charge in [0.05, 0.1) is 18.1 Å². The third-order valence-electron chi connectivity index (χ3n) is 1.28. The standard InChI is InChI=1S/C6H4ClIN2O3/c1-13-5-3(10(11)12)2-4(8)9-6(5)7/h2H,1H3. The zero-order valence-electron chi connectivity index (χ0n) is 6.45. The Morgan fingerprint density at radius 1 is 1.77 bits per heavy atom. The minimum Gasteiger partial charge on any atom is -0.488 e. The first kappa shape index (κ1) is 10.5. The lowest BCUT2D eigenvalue weighted by Crippen LogP contribution is -1.97. The Hall–Kier alpha value is -0.630.